The summed E-state index contributed by atoms with van der Waals surface area (Å²) in [5.74, 6) is 0. The minimum Gasteiger partial charge on any atom is -0.383 e. The lowest BCUT2D eigenvalue weighted by atomic mass is 10.4. The number of methoxy groups -OCH3 is 1. The van der Waals surface area contributed by atoms with Crippen molar-refractivity contribution < 1.29 is 4.74 Å². The van der Waals surface area contributed by atoms with Gasteiger partial charge in [0.15, 0.2) is 5.11 Å². The number of aromatic nitrogens is 2. The summed E-state index contributed by atoms with van der Waals surface area (Å²) in [6.07, 6.45) is 0. The molecular formula is C10H18N4OS. The fourth-order valence-corrected chi connectivity index (χ4v) is 1.50. The Morgan fingerprint density at radius 3 is 2.88 bits per heavy atom. The first-order valence-corrected chi connectivity index (χ1v) is 5.54. The molecule has 1 heterocycles. The van der Waals surface area contributed by atoms with E-state index >= 15 is 0 Å². The third-order valence-electron chi connectivity index (χ3n) is 2.12. The van der Waals surface area contributed by atoms with E-state index in [0.717, 1.165) is 11.4 Å². The molecule has 0 unspecified atom stereocenters. The molecule has 16 heavy (non-hydrogen) atoms. The van der Waals surface area contributed by atoms with Gasteiger partial charge in [0.1, 0.15) is 0 Å². The summed E-state index contributed by atoms with van der Waals surface area (Å²) in [5.41, 5.74) is 2.12. The summed E-state index contributed by atoms with van der Waals surface area (Å²) in [5, 5.41) is 11.1. The van der Waals surface area contributed by atoms with Crippen molar-refractivity contribution in [2.45, 2.75) is 13.5 Å². The van der Waals surface area contributed by atoms with Crippen molar-refractivity contribution in [3.63, 3.8) is 0 Å². The van der Waals surface area contributed by atoms with Gasteiger partial charge in [0.05, 0.1) is 24.5 Å². The molecule has 90 valence electrons. The molecular weight excluding hydrogens is 224 g/mol. The Morgan fingerprint density at radius 2 is 2.31 bits per heavy atom. The van der Waals surface area contributed by atoms with Gasteiger partial charge in [-0.1, -0.05) is 0 Å². The van der Waals surface area contributed by atoms with Crippen LogP contribution in [0.4, 0.5) is 0 Å². The Labute approximate surface area is 101 Å². The molecule has 2 N–H and O–H groups in total. The highest BCUT2D eigenvalue weighted by Crippen LogP contribution is 2.00. The molecule has 0 saturated carbocycles. The van der Waals surface area contributed by atoms with E-state index in [1.54, 1.807) is 7.11 Å². The molecule has 5 nitrogen and oxygen atoms in total. The van der Waals surface area contributed by atoms with Crippen LogP contribution in [-0.4, -0.2) is 35.2 Å². The van der Waals surface area contributed by atoms with E-state index in [1.165, 1.54) is 0 Å². The average molecular weight is 242 g/mol. The second kappa shape index (κ2) is 6.44. The molecule has 0 aliphatic carbocycles. The van der Waals surface area contributed by atoms with Gasteiger partial charge in [-0.15, -0.1) is 0 Å². The molecule has 0 aliphatic rings. The Hall–Kier alpha value is -1.14. The highest BCUT2D eigenvalue weighted by atomic mass is 32.1. The molecule has 1 aromatic rings. The Kier molecular flexibility index (Phi) is 5.21. The van der Waals surface area contributed by atoms with Gasteiger partial charge >= 0.3 is 0 Å². The number of hydrogen-bond acceptors (Lipinski definition) is 3. The summed E-state index contributed by atoms with van der Waals surface area (Å²) < 4.78 is 6.76. The van der Waals surface area contributed by atoms with E-state index in [-0.39, 0.29) is 0 Å². The zero-order valence-corrected chi connectivity index (χ0v) is 10.7. The monoisotopic (exact) mass is 242 g/mol. The van der Waals surface area contributed by atoms with Crippen LogP contribution >= 0.6 is 12.2 Å². The topological polar surface area (TPSA) is 51.1 Å². The smallest absolute Gasteiger partial charge is 0.166 e. The van der Waals surface area contributed by atoms with Crippen LogP contribution in [0.3, 0.4) is 0 Å². The normalized spacial score (nSPS) is 10.2. The largest absolute Gasteiger partial charge is 0.383 e. The molecule has 1 aromatic heterocycles. The average Bonchev–Trinajstić information content (AvgIpc) is 2.55. The minimum atomic E-state index is 0.635. The molecule has 0 aromatic carbocycles. The third kappa shape index (κ3) is 4.16. The third-order valence-corrected chi connectivity index (χ3v) is 2.41. The lowest BCUT2D eigenvalue weighted by Gasteiger charge is -2.09. The zero-order valence-electron chi connectivity index (χ0n) is 9.91. The highest BCUT2D eigenvalue weighted by molar-refractivity contribution is 7.80. The number of rotatable bonds is 5. The van der Waals surface area contributed by atoms with E-state index < -0.39 is 0 Å². The van der Waals surface area contributed by atoms with Gasteiger partial charge in [0.2, 0.25) is 0 Å². The predicted octanol–water partition coefficient (Wildman–Crippen LogP) is 0.339. The predicted molar refractivity (Wildman–Crippen MR) is 67.3 cm³/mol. The quantitative estimate of drug-likeness (QED) is 0.576. The molecule has 0 saturated heterocycles. The number of hydrogen-bond donors (Lipinski definition) is 2. The molecule has 0 aliphatic heterocycles. The molecule has 0 bridgehead atoms. The van der Waals surface area contributed by atoms with Gasteiger partial charge in [-0.3, -0.25) is 4.68 Å². The first kappa shape index (κ1) is 12.9. The number of ether oxygens (including phenoxy) is 1. The fourth-order valence-electron chi connectivity index (χ4n) is 1.33. The molecule has 0 spiro atoms. The van der Waals surface area contributed by atoms with E-state index in [4.69, 9.17) is 17.0 Å². The number of nitrogens with one attached hydrogen (secondary N) is 2. The van der Waals surface area contributed by atoms with Crippen LogP contribution in [0.2, 0.25) is 0 Å². The van der Waals surface area contributed by atoms with Gasteiger partial charge in [-0.05, 0) is 25.2 Å². The molecule has 6 heteroatoms. The Bertz CT molecular complexity index is 351. The number of aryl methyl sites for hydroxylation is 2. The molecule has 1 rings (SSSR count). The Balaban J connectivity index is 2.29. The van der Waals surface area contributed by atoms with Crippen molar-refractivity contribution in [2.24, 2.45) is 7.05 Å². The van der Waals surface area contributed by atoms with E-state index in [0.29, 0.717) is 24.8 Å². The summed E-state index contributed by atoms with van der Waals surface area (Å²) in [6, 6.07) is 2.03. The van der Waals surface area contributed by atoms with Crippen molar-refractivity contribution in [3.8, 4) is 0 Å². The standard InChI is InChI=1S/C10H18N4OS/c1-8-6-9(14(2)13-8)7-12-10(16)11-4-5-15-3/h6H,4-5,7H2,1-3H3,(H2,11,12,16). The van der Waals surface area contributed by atoms with Crippen LogP contribution < -0.4 is 10.6 Å². The van der Waals surface area contributed by atoms with Crippen LogP contribution in [-0.2, 0) is 18.3 Å². The Morgan fingerprint density at radius 1 is 1.56 bits per heavy atom. The first-order chi connectivity index (χ1) is 7.63. The molecule has 0 atom stereocenters. The van der Waals surface area contributed by atoms with Crippen molar-refractivity contribution >= 4 is 17.3 Å². The van der Waals surface area contributed by atoms with Crippen LogP contribution in [0.5, 0.6) is 0 Å². The van der Waals surface area contributed by atoms with Gasteiger partial charge < -0.3 is 15.4 Å². The van der Waals surface area contributed by atoms with Crippen LogP contribution in [0.1, 0.15) is 11.4 Å². The van der Waals surface area contributed by atoms with E-state index in [9.17, 15) is 0 Å². The second-order valence-electron chi connectivity index (χ2n) is 3.50. The second-order valence-corrected chi connectivity index (χ2v) is 3.91. The lowest BCUT2D eigenvalue weighted by Crippen LogP contribution is -2.36. The molecule has 0 amide bonds. The van der Waals surface area contributed by atoms with Crippen LogP contribution in [0.25, 0.3) is 0 Å². The van der Waals surface area contributed by atoms with Gasteiger partial charge in [-0.25, -0.2) is 0 Å². The SMILES string of the molecule is COCCNC(=S)NCc1cc(C)nn1C. The van der Waals surface area contributed by atoms with E-state index in [2.05, 4.69) is 15.7 Å². The molecule has 0 fully saturated rings. The summed E-state index contributed by atoms with van der Waals surface area (Å²) >= 11 is 5.11. The first-order valence-electron chi connectivity index (χ1n) is 5.13. The van der Waals surface area contributed by atoms with Gasteiger partial charge in [0.25, 0.3) is 0 Å². The van der Waals surface area contributed by atoms with Gasteiger partial charge in [-0.2, -0.15) is 5.10 Å². The summed E-state index contributed by atoms with van der Waals surface area (Å²) in [7, 11) is 3.59. The van der Waals surface area contributed by atoms with Crippen molar-refractivity contribution in [1.82, 2.24) is 20.4 Å². The van der Waals surface area contributed by atoms with Crippen LogP contribution in [0.15, 0.2) is 6.07 Å². The number of thiocarbonyl (C=S) groups is 1. The van der Waals surface area contributed by atoms with Crippen molar-refractivity contribution in [3.05, 3.63) is 17.5 Å². The number of nitrogens with zero attached hydrogens (tertiary/aromatic N) is 2. The summed E-state index contributed by atoms with van der Waals surface area (Å²) in [6.45, 7) is 4.01. The maximum absolute atomic E-state index is 5.11. The minimum absolute atomic E-state index is 0.635. The van der Waals surface area contributed by atoms with Gasteiger partial charge in [0, 0.05) is 20.7 Å². The lowest BCUT2D eigenvalue weighted by molar-refractivity contribution is 0.204. The van der Waals surface area contributed by atoms with Crippen molar-refractivity contribution in [2.75, 3.05) is 20.3 Å². The zero-order chi connectivity index (χ0) is 12.0. The maximum atomic E-state index is 5.11. The highest BCUT2D eigenvalue weighted by Gasteiger charge is 2.02. The van der Waals surface area contributed by atoms with E-state index in [1.807, 2.05) is 24.7 Å². The van der Waals surface area contributed by atoms with Crippen molar-refractivity contribution in [1.29, 1.82) is 0 Å². The fraction of sp³-hybridized carbons (Fsp3) is 0.600. The van der Waals surface area contributed by atoms with Crippen LogP contribution in [0, 0.1) is 6.92 Å². The maximum Gasteiger partial charge on any atom is 0.166 e. The molecule has 0 radical (unpaired) electrons. The summed E-state index contributed by atoms with van der Waals surface area (Å²) in [4.78, 5) is 0.